The summed E-state index contributed by atoms with van der Waals surface area (Å²) in [5.41, 5.74) is 3.86. The molecule has 0 saturated carbocycles. The average Bonchev–Trinajstić information content (AvgIpc) is 2.73. The Labute approximate surface area is 99.3 Å². The van der Waals surface area contributed by atoms with Crippen molar-refractivity contribution in [1.29, 1.82) is 0 Å². The van der Waals surface area contributed by atoms with E-state index in [9.17, 15) is 0 Å². The summed E-state index contributed by atoms with van der Waals surface area (Å²) in [4.78, 5) is 3.47. The Morgan fingerprint density at radius 3 is 2.82 bits per heavy atom. The highest BCUT2D eigenvalue weighted by Crippen LogP contribution is 2.34. The normalized spacial score (nSPS) is 19.8. The summed E-state index contributed by atoms with van der Waals surface area (Å²) in [5, 5.41) is 7.32. The Morgan fingerprint density at radius 2 is 1.82 bits per heavy atom. The molecule has 2 aromatic rings. The van der Waals surface area contributed by atoms with Crippen LogP contribution < -0.4 is 15.6 Å². The lowest BCUT2D eigenvalue weighted by molar-refractivity contribution is -0.512. The first kappa shape index (κ1) is 8.99. The number of benzene rings is 2. The van der Waals surface area contributed by atoms with Gasteiger partial charge in [0.15, 0.2) is 0 Å². The standard InChI is InChI=1S/C15H11N2/c1-3-7-13-10(5-1)9-12-11-6-2-4-8-14(11)17-15(12)16-13/h1-8,15H,9H2/q-1/p+1. The molecule has 4 rings (SSSR count). The number of fused-ring (bicyclic) bond motifs is 3. The van der Waals surface area contributed by atoms with Crippen molar-refractivity contribution in [2.24, 2.45) is 0 Å². The third-order valence-electron chi connectivity index (χ3n) is 3.54. The lowest BCUT2D eigenvalue weighted by Gasteiger charge is -2.33. The summed E-state index contributed by atoms with van der Waals surface area (Å²) in [6, 6.07) is 16.9. The van der Waals surface area contributed by atoms with E-state index in [0.717, 1.165) is 12.1 Å². The van der Waals surface area contributed by atoms with Crippen LogP contribution in [0.1, 0.15) is 5.56 Å². The van der Waals surface area contributed by atoms with E-state index in [2.05, 4.69) is 53.5 Å². The van der Waals surface area contributed by atoms with E-state index in [4.69, 9.17) is 5.32 Å². The summed E-state index contributed by atoms with van der Waals surface area (Å²) in [5.74, 6) is 0. The molecule has 1 atom stereocenters. The molecule has 0 aliphatic carbocycles. The van der Waals surface area contributed by atoms with Crippen LogP contribution >= 0.6 is 0 Å². The highest BCUT2D eigenvalue weighted by atomic mass is 15.1. The number of para-hydroxylation sites is 2. The van der Waals surface area contributed by atoms with E-state index in [1.165, 1.54) is 21.7 Å². The zero-order valence-electron chi connectivity index (χ0n) is 9.35. The summed E-state index contributed by atoms with van der Waals surface area (Å²) in [6.45, 7) is 0. The maximum absolute atomic E-state index is 4.77. The first-order chi connectivity index (χ1) is 8.42. The molecule has 2 heteroatoms. The van der Waals surface area contributed by atoms with E-state index < -0.39 is 0 Å². The van der Waals surface area contributed by atoms with Crippen LogP contribution in [0.15, 0.2) is 48.5 Å². The van der Waals surface area contributed by atoms with E-state index in [1.54, 1.807) is 0 Å². The lowest BCUT2D eigenvalue weighted by atomic mass is 9.96. The molecule has 0 fully saturated rings. The highest BCUT2D eigenvalue weighted by molar-refractivity contribution is 5.72. The highest BCUT2D eigenvalue weighted by Gasteiger charge is 2.22. The van der Waals surface area contributed by atoms with E-state index in [1.807, 2.05) is 0 Å². The second-order valence-corrected chi connectivity index (χ2v) is 4.55. The Bertz CT molecular complexity index is 716. The smallest absolute Gasteiger partial charge is 0.204 e. The average molecular weight is 220 g/mol. The third kappa shape index (κ3) is 1.24. The van der Waals surface area contributed by atoms with Crippen LogP contribution in [0.25, 0.3) is 10.9 Å². The van der Waals surface area contributed by atoms with Gasteiger partial charge >= 0.3 is 0 Å². The van der Waals surface area contributed by atoms with Crippen LogP contribution in [0.4, 0.5) is 5.69 Å². The van der Waals surface area contributed by atoms with Gasteiger partial charge in [-0.2, -0.15) is 0 Å². The molecule has 17 heavy (non-hydrogen) atoms. The van der Waals surface area contributed by atoms with Crippen molar-refractivity contribution in [1.82, 2.24) is 0 Å². The minimum atomic E-state index is 0.141. The van der Waals surface area contributed by atoms with Crippen LogP contribution in [0, 0.1) is 0 Å². The van der Waals surface area contributed by atoms with Gasteiger partial charge in [-0.3, -0.25) is 4.99 Å². The summed E-state index contributed by atoms with van der Waals surface area (Å²) < 4.78 is 0. The Balaban J connectivity index is 1.97. The predicted octanol–water partition coefficient (Wildman–Crippen LogP) is 0.139. The van der Waals surface area contributed by atoms with Crippen LogP contribution in [0.5, 0.6) is 0 Å². The lowest BCUT2D eigenvalue weighted by Crippen LogP contribution is -2.81. The molecular formula is C15H12N2. The van der Waals surface area contributed by atoms with Gasteiger partial charge in [0, 0.05) is 11.3 Å². The largest absolute Gasteiger partial charge is 0.622 e. The molecule has 0 saturated heterocycles. The zero-order chi connectivity index (χ0) is 11.2. The molecule has 0 bridgehead atoms. The van der Waals surface area contributed by atoms with Gasteiger partial charge in [0.2, 0.25) is 5.36 Å². The minimum Gasteiger partial charge on any atom is -0.622 e. The summed E-state index contributed by atoms with van der Waals surface area (Å²) in [6.07, 6.45) is 1.15. The Hall–Kier alpha value is -2.09. The second-order valence-electron chi connectivity index (χ2n) is 4.55. The quantitative estimate of drug-likeness (QED) is 0.654. The van der Waals surface area contributed by atoms with Crippen molar-refractivity contribution in [3.63, 3.8) is 0 Å². The van der Waals surface area contributed by atoms with Crippen LogP contribution in [-0.4, -0.2) is 6.17 Å². The monoisotopic (exact) mass is 220 g/mol. The molecule has 2 aliphatic rings. The second kappa shape index (κ2) is 3.20. The SMILES string of the molecule is c1ccc2c(c1)CC1=c3ccccc3=[NH+]C1[N-]2. The molecule has 2 aromatic carbocycles. The van der Waals surface area contributed by atoms with Gasteiger partial charge in [-0.25, -0.2) is 0 Å². The van der Waals surface area contributed by atoms with Gasteiger partial charge in [0.05, 0.1) is 0 Å². The molecule has 0 aromatic heterocycles. The van der Waals surface area contributed by atoms with Crippen molar-refractivity contribution in [3.8, 4) is 0 Å². The molecule has 1 N–H and O–H groups in total. The topological polar surface area (TPSA) is 28.1 Å². The van der Waals surface area contributed by atoms with Crippen molar-refractivity contribution in [2.75, 3.05) is 0 Å². The molecule has 0 radical (unpaired) electrons. The summed E-state index contributed by atoms with van der Waals surface area (Å²) in [7, 11) is 0. The van der Waals surface area contributed by atoms with Gasteiger partial charge in [-0.05, 0) is 18.1 Å². The van der Waals surface area contributed by atoms with Gasteiger partial charge in [0.1, 0.15) is 6.17 Å². The fourth-order valence-corrected chi connectivity index (χ4v) is 2.70. The van der Waals surface area contributed by atoms with Crippen LogP contribution in [0.3, 0.4) is 0 Å². The molecule has 2 heterocycles. The molecule has 0 spiro atoms. The van der Waals surface area contributed by atoms with Crippen molar-refractivity contribution in [2.45, 2.75) is 12.6 Å². The Morgan fingerprint density at radius 1 is 1.00 bits per heavy atom. The zero-order valence-corrected chi connectivity index (χ0v) is 9.35. The Kier molecular flexibility index (Phi) is 1.69. The fraction of sp³-hybridized carbons (Fsp3) is 0.133. The number of rotatable bonds is 0. The molecule has 2 aliphatic heterocycles. The van der Waals surface area contributed by atoms with Crippen molar-refractivity contribution >= 4 is 11.3 Å². The molecule has 2 nitrogen and oxygen atoms in total. The molecule has 1 unspecified atom stereocenters. The minimum absolute atomic E-state index is 0.141. The first-order valence-corrected chi connectivity index (χ1v) is 5.92. The third-order valence-corrected chi connectivity index (χ3v) is 3.54. The maximum atomic E-state index is 4.77. The predicted molar refractivity (Wildman–Crippen MR) is 66.1 cm³/mol. The van der Waals surface area contributed by atoms with Gasteiger partial charge in [-0.15, -0.1) is 5.69 Å². The van der Waals surface area contributed by atoms with Crippen molar-refractivity contribution < 1.29 is 4.99 Å². The van der Waals surface area contributed by atoms with Gasteiger partial charge < -0.3 is 5.32 Å². The van der Waals surface area contributed by atoms with E-state index in [0.29, 0.717) is 0 Å². The molecule has 82 valence electrons. The number of hydrogen-bond donors (Lipinski definition) is 1. The first-order valence-electron chi connectivity index (χ1n) is 5.92. The van der Waals surface area contributed by atoms with E-state index >= 15 is 0 Å². The molecular weight excluding hydrogens is 208 g/mol. The van der Waals surface area contributed by atoms with Crippen LogP contribution in [-0.2, 0) is 6.42 Å². The molecule has 0 amide bonds. The van der Waals surface area contributed by atoms with Gasteiger partial charge in [-0.1, -0.05) is 42.0 Å². The number of hydrogen-bond acceptors (Lipinski definition) is 0. The van der Waals surface area contributed by atoms with Gasteiger partial charge in [0.25, 0.3) is 0 Å². The maximum Gasteiger partial charge on any atom is 0.204 e. The van der Waals surface area contributed by atoms with Crippen LogP contribution in [0.2, 0.25) is 0 Å². The fourth-order valence-electron chi connectivity index (χ4n) is 2.70. The van der Waals surface area contributed by atoms with Crippen molar-refractivity contribution in [3.05, 3.63) is 70.0 Å². The summed E-state index contributed by atoms with van der Waals surface area (Å²) >= 11 is 0. The number of nitrogens with zero attached hydrogens (tertiary/aromatic N) is 1. The van der Waals surface area contributed by atoms with E-state index in [-0.39, 0.29) is 6.17 Å². The number of nitrogens with one attached hydrogen (secondary N) is 1.